The summed E-state index contributed by atoms with van der Waals surface area (Å²) in [6.45, 7) is 2.40. The van der Waals surface area contributed by atoms with Crippen LogP contribution in [0.1, 0.15) is 12.8 Å². The van der Waals surface area contributed by atoms with E-state index >= 15 is 0 Å². The number of para-hydroxylation sites is 1. The van der Waals surface area contributed by atoms with Crippen molar-refractivity contribution in [2.75, 3.05) is 26.4 Å². The highest BCUT2D eigenvalue weighted by Crippen LogP contribution is 2.15. The van der Waals surface area contributed by atoms with Crippen molar-refractivity contribution < 1.29 is 13.9 Å². The normalized spacial score (nSPS) is 10.4. The Labute approximate surface area is 95.4 Å². The van der Waals surface area contributed by atoms with Crippen molar-refractivity contribution in [3.05, 3.63) is 30.1 Å². The van der Waals surface area contributed by atoms with Crippen molar-refractivity contribution in [3.8, 4) is 5.75 Å². The van der Waals surface area contributed by atoms with Gasteiger partial charge in [-0.1, -0.05) is 12.1 Å². The van der Waals surface area contributed by atoms with Crippen molar-refractivity contribution in [1.29, 1.82) is 0 Å². The van der Waals surface area contributed by atoms with Crippen molar-refractivity contribution in [3.63, 3.8) is 0 Å². The van der Waals surface area contributed by atoms with Crippen LogP contribution in [-0.2, 0) is 4.74 Å². The monoisotopic (exact) mass is 227 g/mol. The Morgan fingerprint density at radius 1 is 1.06 bits per heavy atom. The van der Waals surface area contributed by atoms with E-state index < -0.39 is 0 Å². The van der Waals surface area contributed by atoms with E-state index in [1.165, 1.54) is 6.07 Å². The third-order valence-electron chi connectivity index (χ3n) is 2.02. The van der Waals surface area contributed by atoms with E-state index in [2.05, 4.69) is 0 Å². The van der Waals surface area contributed by atoms with Gasteiger partial charge in [0, 0.05) is 19.6 Å². The van der Waals surface area contributed by atoms with E-state index in [9.17, 15) is 4.39 Å². The zero-order valence-corrected chi connectivity index (χ0v) is 9.32. The molecule has 0 saturated carbocycles. The van der Waals surface area contributed by atoms with Crippen LogP contribution >= 0.6 is 0 Å². The van der Waals surface area contributed by atoms with Gasteiger partial charge in [-0.3, -0.25) is 0 Å². The fraction of sp³-hybridized carbons (Fsp3) is 0.500. The van der Waals surface area contributed by atoms with E-state index in [4.69, 9.17) is 15.2 Å². The van der Waals surface area contributed by atoms with Gasteiger partial charge >= 0.3 is 0 Å². The van der Waals surface area contributed by atoms with E-state index in [0.29, 0.717) is 32.1 Å². The first-order valence-electron chi connectivity index (χ1n) is 5.49. The van der Waals surface area contributed by atoms with Gasteiger partial charge in [-0.05, 0) is 25.1 Å². The van der Waals surface area contributed by atoms with Crippen LogP contribution < -0.4 is 10.5 Å². The number of rotatable bonds is 8. The molecule has 3 nitrogen and oxygen atoms in total. The minimum atomic E-state index is -0.327. The van der Waals surface area contributed by atoms with Gasteiger partial charge in [0.05, 0.1) is 6.61 Å². The van der Waals surface area contributed by atoms with Crippen LogP contribution in [0.25, 0.3) is 0 Å². The lowest BCUT2D eigenvalue weighted by Crippen LogP contribution is -2.07. The second kappa shape index (κ2) is 8.07. The van der Waals surface area contributed by atoms with Crippen LogP contribution in [0, 0.1) is 5.82 Å². The highest BCUT2D eigenvalue weighted by Gasteiger charge is 2.00. The van der Waals surface area contributed by atoms with Gasteiger partial charge in [0.15, 0.2) is 11.6 Å². The molecule has 0 spiro atoms. The summed E-state index contributed by atoms with van der Waals surface area (Å²) in [5.41, 5.74) is 5.32. The molecule has 4 heteroatoms. The Kier molecular flexibility index (Phi) is 6.53. The lowest BCUT2D eigenvalue weighted by atomic mass is 10.3. The zero-order valence-electron chi connectivity index (χ0n) is 9.32. The van der Waals surface area contributed by atoms with Crippen LogP contribution in [0.5, 0.6) is 5.75 Å². The zero-order chi connectivity index (χ0) is 11.6. The molecule has 1 rings (SSSR count). The second-order valence-corrected chi connectivity index (χ2v) is 3.39. The Morgan fingerprint density at radius 3 is 2.56 bits per heavy atom. The molecule has 1 aromatic rings. The van der Waals surface area contributed by atoms with Crippen molar-refractivity contribution >= 4 is 0 Å². The van der Waals surface area contributed by atoms with Crippen molar-refractivity contribution in [2.24, 2.45) is 5.73 Å². The Hall–Kier alpha value is -1.13. The average Bonchev–Trinajstić information content (AvgIpc) is 2.30. The summed E-state index contributed by atoms with van der Waals surface area (Å²) in [4.78, 5) is 0. The molecule has 0 radical (unpaired) electrons. The van der Waals surface area contributed by atoms with Gasteiger partial charge in [-0.2, -0.15) is 0 Å². The molecule has 0 aliphatic heterocycles. The molecule has 0 fully saturated rings. The fourth-order valence-electron chi connectivity index (χ4n) is 1.19. The quantitative estimate of drug-likeness (QED) is 0.690. The minimum Gasteiger partial charge on any atom is -0.490 e. The highest BCUT2D eigenvalue weighted by molar-refractivity contribution is 5.23. The Bertz CT molecular complexity index is 294. The van der Waals surface area contributed by atoms with Crippen LogP contribution in [-0.4, -0.2) is 26.4 Å². The molecule has 16 heavy (non-hydrogen) atoms. The van der Waals surface area contributed by atoms with E-state index in [-0.39, 0.29) is 5.82 Å². The highest BCUT2D eigenvalue weighted by atomic mass is 19.1. The topological polar surface area (TPSA) is 44.5 Å². The first kappa shape index (κ1) is 12.9. The van der Waals surface area contributed by atoms with Crippen LogP contribution in [0.15, 0.2) is 24.3 Å². The van der Waals surface area contributed by atoms with E-state index in [1.807, 2.05) is 0 Å². The molecule has 0 atom stereocenters. The lowest BCUT2D eigenvalue weighted by molar-refractivity contribution is 0.118. The molecule has 0 saturated heterocycles. The maximum Gasteiger partial charge on any atom is 0.165 e. The largest absolute Gasteiger partial charge is 0.490 e. The van der Waals surface area contributed by atoms with Crippen molar-refractivity contribution in [1.82, 2.24) is 0 Å². The summed E-state index contributed by atoms with van der Waals surface area (Å²) >= 11 is 0. The molecule has 0 amide bonds. The van der Waals surface area contributed by atoms with Gasteiger partial charge in [-0.15, -0.1) is 0 Å². The number of ether oxygens (including phenoxy) is 2. The SMILES string of the molecule is NCCCOCCCOc1ccccc1F. The van der Waals surface area contributed by atoms with Gasteiger partial charge in [-0.25, -0.2) is 4.39 Å². The summed E-state index contributed by atoms with van der Waals surface area (Å²) in [5.74, 6) is -0.0315. The first-order valence-corrected chi connectivity index (χ1v) is 5.49. The number of nitrogens with two attached hydrogens (primary N) is 1. The maximum absolute atomic E-state index is 13.1. The summed E-state index contributed by atoms with van der Waals surface area (Å²) in [6.07, 6.45) is 1.62. The van der Waals surface area contributed by atoms with Crippen molar-refractivity contribution in [2.45, 2.75) is 12.8 Å². The molecule has 90 valence electrons. The summed E-state index contributed by atoms with van der Waals surface area (Å²) in [7, 11) is 0. The van der Waals surface area contributed by atoms with Crippen LogP contribution in [0.4, 0.5) is 4.39 Å². The molecule has 2 N–H and O–H groups in total. The summed E-state index contributed by atoms with van der Waals surface area (Å²) < 4.78 is 23.6. The van der Waals surface area contributed by atoms with E-state index in [0.717, 1.165) is 12.8 Å². The number of halogens is 1. The van der Waals surface area contributed by atoms with Gasteiger partial charge in [0.1, 0.15) is 0 Å². The number of hydrogen-bond acceptors (Lipinski definition) is 3. The summed E-state index contributed by atoms with van der Waals surface area (Å²) in [5, 5.41) is 0. The molecular formula is C12H18FNO2. The average molecular weight is 227 g/mol. The molecule has 0 unspecified atom stereocenters. The van der Waals surface area contributed by atoms with Gasteiger partial charge in [0.2, 0.25) is 0 Å². The first-order chi connectivity index (χ1) is 7.84. The molecular weight excluding hydrogens is 209 g/mol. The predicted molar refractivity (Wildman–Crippen MR) is 61.0 cm³/mol. The fourth-order valence-corrected chi connectivity index (χ4v) is 1.19. The lowest BCUT2D eigenvalue weighted by Gasteiger charge is -2.07. The molecule has 1 aromatic carbocycles. The molecule has 0 aliphatic carbocycles. The van der Waals surface area contributed by atoms with Crippen LogP contribution in [0.2, 0.25) is 0 Å². The predicted octanol–water partition coefficient (Wildman–Crippen LogP) is 1.96. The van der Waals surface area contributed by atoms with Gasteiger partial charge in [0.25, 0.3) is 0 Å². The third-order valence-corrected chi connectivity index (χ3v) is 2.02. The Balaban J connectivity index is 2.05. The standard InChI is InChI=1S/C12H18FNO2/c13-11-5-1-2-6-12(11)16-10-4-9-15-8-3-7-14/h1-2,5-6H,3-4,7-10,14H2. The van der Waals surface area contributed by atoms with Crippen LogP contribution in [0.3, 0.4) is 0 Å². The third kappa shape index (κ3) is 5.09. The molecule has 0 aromatic heterocycles. The molecule has 0 aliphatic rings. The van der Waals surface area contributed by atoms with Gasteiger partial charge < -0.3 is 15.2 Å². The second-order valence-electron chi connectivity index (χ2n) is 3.39. The summed E-state index contributed by atoms with van der Waals surface area (Å²) in [6, 6.07) is 6.38. The number of hydrogen-bond donors (Lipinski definition) is 1. The molecule has 0 heterocycles. The maximum atomic E-state index is 13.1. The number of benzene rings is 1. The smallest absolute Gasteiger partial charge is 0.165 e. The minimum absolute atomic E-state index is 0.296. The molecule has 0 bridgehead atoms. The Morgan fingerprint density at radius 2 is 1.81 bits per heavy atom. The van der Waals surface area contributed by atoms with E-state index in [1.54, 1.807) is 18.2 Å².